The largest absolute Gasteiger partial charge is 0.360 e. The lowest BCUT2D eigenvalue weighted by Crippen LogP contribution is -2.22. The third kappa shape index (κ3) is 3.31. The van der Waals surface area contributed by atoms with E-state index in [1.165, 1.54) is 0 Å². The van der Waals surface area contributed by atoms with Crippen molar-refractivity contribution < 1.29 is 4.74 Å². The lowest BCUT2D eigenvalue weighted by atomic mass is 10.3. The van der Waals surface area contributed by atoms with Crippen LogP contribution in [0.2, 0.25) is 30.7 Å². The minimum atomic E-state index is -1.03. The summed E-state index contributed by atoms with van der Waals surface area (Å²) in [6.07, 6.45) is 5.14. The van der Waals surface area contributed by atoms with Crippen LogP contribution in [0, 0.1) is 0 Å². The summed E-state index contributed by atoms with van der Waals surface area (Å²) in [7, 11) is -1.03. The Morgan fingerprint density at radius 3 is 2.78 bits per heavy atom. The molecule has 6 heteroatoms. The lowest BCUT2D eigenvalue weighted by molar-refractivity contribution is 0.0816. The summed E-state index contributed by atoms with van der Waals surface area (Å²) >= 11 is 6.04. The zero-order chi connectivity index (χ0) is 13.2. The first kappa shape index (κ1) is 13.5. The van der Waals surface area contributed by atoms with Crippen molar-refractivity contribution in [2.75, 3.05) is 6.61 Å². The van der Waals surface area contributed by atoms with Crippen molar-refractivity contribution >= 4 is 30.6 Å². The Balaban J connectivity index is 1.98. The second kappa shape index (κ2) is 5.38. The first-order chi connectivity index (χ1) is 8.47. The number of rotatable bonds is 5. The Hall–Kier alpha value is -0.913. The zero-order valence-electron chi connectivity index (χ0n) is 11.0. The maximum atomic E-state index is 6.04. The normalized spacial score (nSPS) is 12.2. The monoisotopic (exact) mass is 283 g/mol. The van der Waals surface area contributed by atoms with Gasteiger partial charge in [-0.1, -0.05) is 31.2 Å². The standard InChI is InChI=1S/C12H18ClN3OSi/c1-18(2,3)5-4-17-9-16-12-8-14-7-11(13)10(12)6-15-16/h6-8H,4-5,9H2,1-3H3. The number of nitrogens with zero attached hydrogens (tertiary/aromatic N) is 3. The lowest BCUT2D eigenvalue weighted by Gasteiger charge is -2.15. The van der Waals surface area contributed by atoms with Crippen LogP contribution in [-0.2, 0) is 11.5 Å². The van der Waals surface area contributed by atoms with Crippen LogP contribution in [0.3, 0.4) is 0 Å². The molecule has 2 heterocycles. The van der Waals surface area contributed by atoms with E-state index in [1.54, 1.807) is 23.3 Å². The van der Waals surface area contributed by atoms with Crippen LogP contribution < -0.4 is 0 Å². The second-order valence-corrected chi connectivity index (χ2v) is 11.6. The fourth-order valence-corrected chi connectivity index (χ4v) is 2.55. The number of halogens is 1. The highest BCUT2D eigenvalue weighted by Gasteiger charge is 2.12. The number of hydrogen-bond donors (Lipinski definition) is 0. The van der Waals surface area contributed by atoms with Crippen LogP contribution in [0.1, 0.15) is 0 Å². The number of fused-ring (bicyclic) bond motifs is 1. The third-order valence-corrected chi connectivity index (χ3v) is 4.74. The fourth-order valence-electron chi connectivity index (χ4n) is 1.59. The van der Waals surface area contributed by atoms with Crippen molar-refractivity contribution in [3.8, 4) is 0 Å². The topological polar surface area (TPSA) is 39.9 Å². The molecule has 0 spiro atoms. The number of hydrogen-bond acceptors (Lipinski definition) is 3. The predicted molar refractivity (Wildman–Crippen MR) is 76.6 cm³/mol. The summed E-state index contributed by atoms with van der Waals surface area (Å²) in [5.41, 5.74) is 0.913. The molecule has 18 heavy (non-hydrogen) atoms. The highest BCUT2D eigenvalue weighted by atomic mass is 35.5. The smallest absolute Gasteiger partial charge is 0.140 e. The maximum Gasteiger partial charge on any atom is 0.140 e. The van der Waals surface area contributed by atoms with Gasteiger partial charge in [-0.15, -0.1) is 0 Å². The van der Waals surface area contributed by atoms with E-state index in [0.717, 1.165) is 23.6 Å². The van der Waals surface area contributed by atoms with E-state index in [9.17, 15) is 0 Å². The van der Waals surface area contributed by atoms with Gasteiger partial charge in [-0.05, 0) is 6.04 Å². The van der Waals surface area contributed by atoms with Gasteiger partial charge >= 0.3 is 0 Å². The molecule has 0 saturated carbocycles. The van der Waals surface area contributed by atoms with E-state index in [-0.39, 0.29) is 0 Å². The summed E-state index contributed by atoms with van der Waals surface area (Å²) in [5, 5.41) is 5.81. The molecule has 0 atom stereocenters. The number of aromatic nitrogens is 3. The SMILES string of the molecule is C[Si](C)(C)CCOCn1ncc2c(Cl)cncc21. The van der Waals surface area contributed by atoms with E-state index in [1.807, 2.05) is 0 Å². The second-order valence-electron chi connectivity index (χ2n) is 5.55. The van der Waals surface area contributed by atoms with E-state index in [0.29, 0.717) is 11.8 Å². The minimum absolute atomic E-state index is 0.454. The molecule has 4 nitrogen and oxygen atoms in total. The fraction of sp³-hybridized carbons (Fsp3) is 0.500. The van der Waals surface area contributed by atoms with Crippen LogP contribution >= 0.6 is 11.6 Å². The molecule has 0 fully saturated rings. The quantitative estimate of drug-likeness (QED) is 0.624. The van der Waals surface area contributed by atoms with Crippen molar-refractivity contribution in [3.05, 3.63) is 23.6 Å². The maximum absolute atomic E-state index is 6.04. The average Bonchev–Trinajstić information content (AvgIpc) is 2.68. The van der Waals surface area contributed by atoms with Crippen LogP contribution in [0.15, 0.2) is 18.6 Å². The molecule has 0 aliphatic rings. The number of ether oxygens (including phenoxy) is 1. The van der Waals surface area contributed by atoms with Crippen LogP contribution in [0.5, 0.6) is 0 Å². The third-order valence-electron chi connectivity index (χ3n) is 2.73. The highest BCUT2D eigenvalue weighted by Crippen LogP contribution is 2.21. The molecule has 0 N–H and O–H groups in total. The molecule has 0 aliphatic heterocycles. The van der Waals surface area contributed by atoms with Gasteiger partial charge in [0.1, 0.15) is 6.73 Å². The summed E-state index contributed by atoms with van der Waals surface area (Å²) in [4.78, 5) is 4.07. The molecular formula is C12H18ClN3OSi. The molecule has 0 aliphatic carbocycles. The molecule has 2 aromatic heterocycles. The van der Waals surface area contributed by atoms with Gasteiger partial charge in [0, 0.05) is 26.3 Å². The van der Waals surface area contributed by atoms with Crippen LogP contribution in [0.25, 0.3) is 10.9 Å². The first-order valence-corrected chi connectivity index (χ1v) is 10.1. The average molecular weight is 284 g/mol. The summed E-state index contributed by atoms with van der Waals surface area (Å²) in [6.45, 7) is 8.25. The Kier molecular flexibility index (Phi) is 4.04. The Morgan fingerprint density at radius 1 is 1.28 bits per heavy atom. The molecule has 0 saturated heterocycles. The van der Waals surface area contributed by atoms with Gasteiger partial charge in [0.2, 0.25) is 0 Å². The van der Waals surface area contributed by atoms with Gasteiger partial charge in [0.25, 0.3) is 0 Å². The molecule has 0 radical (unpaired) electrons. The minimum Gasteiger partial charge on any atom is -0.360 e. The molecule has 2 rings (SSSR count). The molecule has 0 amide bonds. The first-order valence-electron chi connectivity index (χ1n) is 6.00. The van der Waals surface area contributed by atoms with Gasteiger partial charge in [0.05, 0.1) is 22.9 Å². The Morgan fingerprint density at radius 2 is 2.06 bits per heavy atom. The van der Waals surface area contributed by atoms with Gasteiger partial charge in [-0.25, -0.2) is 4.68 Å². The number of pyridine rings is 1. The van der Waals surface area contributed by atoms with Crippen molar-refractivity contribution in [2.45, 2.75) is 32.4 Å². The Bertz CT molecular complexity index is 536. The van der Waals surface area contributed by atoms with E-state index >= 15 is 0 Å². The van der Waals surface area contributed by atoms with Gasteiger partial charge in [-0.2, -0.15) is 5.10 Å². The molecule has 98 valence electrons. The van der Waals surface area contributed by atoms with Crippen LogP contribution in [0.4, 0.5) is 0 Å². The summed E-state index contributed by atoms with van der Waals surface area (Å²) < 4.78 is 7.46. The molecular weight excluding hydrogens is 266 g/mol. The van der Waals surface area contributed by atoms with Gasteiger partial charge in [0.15, 0.2) is 0 Å². The summed E-state index contributed by atoms with van der Waals surface area (Å²) in [5.74, 6) is 0. The van der Waals surface area contributed by atoms with Gasteiger partial charge < -0.3 is 4.74 Å². The molecule has 2 aromatic rings. The zero-order valence-corrected chi connectivity index (χ0v) is 12.7. The van der Waals surface area contributed by atoms with Crippen LogP contribution in [-0.4, -0.2) is 29.4 Å². The van der Waals surface area contributed by atoms with Crippen molar-refractivity contribution in [1.29, 1.82) is 0 Å². The van der Waals surface area contributed by atoms with Crippen molar-refractivity contribution in [1.82, 2.24) is 14.8 Å². The van der Waals surface area contributed by atoms with Crippen molar-refractivity contribution in [2.24, 2.45) is 0 Å². The molecule has 0 aromatic carbocycles. The van der Waals surface area contributed by atoms with E-state index in [4.69, 9.17) is 16.3 Å². The highest BCUT2D eigenvalue weighted by molar-refractivity contribution is 6.76. The molecule has 0 bridgehead atoms. The van der Waals surface area contributed by atoms with E-state index in [2.05, 4.69) is 29.7 Å². The molecule has 0 unspecified atom stereocenters. The van der Waals surface area contributed by atoms with E-state index < -0.39 is 8.07 Å². The van der Waals surface area contributed by atoms with Crippen molar-refractivity contribution in [3.63, 3.8) is 0 Å². The Labute approximate surface area is 113 Å². The van der Waals surface area contributed by atoms with Gasteiger partial charge in [-0.3, -0.25) is 4.98 Å². The summed E-state index contributed by atoms with van der Waals surface area (Å²) in [6, 6.07) is 1.16. The predicted octanol–water partition coefficient (Wildman–Crippen LogP) is 3.40.